The minimum absolute atomic E-state index is 0.250. The van der Waals surface area contributed by atoms with Crippen LogP contribution in [0.5, 0.6) is 0 Å². The topological polar surface area (TPSA) is 44.1 Å². The predicted octanol–water partition coefficient (Wildman–Crippen LogP) is 1.64. The lowest BCUT2D eigenvalue weighted by atomic mass is 10.3. The van der Waals surface area contributed by atoms with Crippen LogP contribution in [0.3, 0.4) is 0 Å². The molecule has 1 atom stereocenters. The van der Waals surface area contributed by atoms with Crippen molar-refractivity contribution in [2.24, 2.45) is 0 Å². The molecule has 0 spiro atoms. The number of rotatable bonds is 0. The minimum atomic E-state index is -1.18. The van der Waals surface area contributed by atoms with Crippen molar-refractivity contribution in [2.45, 2.75) is 25.5 Å². The summed E-state index contributed by atoms with van der Waals surface area (Å²) >= 11 is 0. The van der Waals surface area contributed by atoms with Gasteiger partial charge in [0.1, 0.15) is 0 Å². The highest BCUT2D eigenvalue weighted by atomic mass is 32.2. The van der Waals surface area contributed by atoms with Crippen molar-refractivity contribution in [3.63, 3.8) is 0 Å². The molecular weight excluding hydrogens is 110 g/mol. The van der Waals surface area contributed by atoms with Gasteiger partial charge >= 0.3 is 0 Å². The van der Waals surface area contributed by atoms with Gasteiger partial charge in [0, 0.05) is 15.7 Å². The van der Waals surface area contributed by atoms with Gasteiger partial charge in [-0.2, -0.15) is 0 Å². The van der Waals surface area contributed by atoms with Crippen LogP contribution in [0.2, 0.25) is 0 Å². The summed E-state index contributed by atoms with van der Waals surface area (Å²) in [6.07, 6.45) is 0. The van der Waals surface area contributed by atoms with Crippen LogP contribution in [-0.2, 0) is 11.0 Å². The van der Waals surface area contributed by atoms with E-state index in [-0.39, 0.29) is 4.75 Å². The Labute approximate surface area is 46.7 Å². The molecule has 0 aliphatic heterocycles. The van der Waals surface area contributed by atoms with Crippen molar-refractivity contribution in [3.05, 3.63) is 0 Å². The largest absolute Gasteiger partial charge is 0.322 e. The number of hydrogen-bond acceptors (Lipinski definition) is 1. The van der Waals surface area contributed by atoms with Crippen molar-refractivity contribution in [1.82, 2.24) is 0 Å². The van der Waals surface area contributed by atoms with Crippen molar-refractivity contribution in [1.29, 1.82) is 4.78 Å². The molecule has 0 aromatic carbocycles. The molecule has 3 heteroatoms. The van der Waals surface area contributed by atoms with Gasteiger partial charge in [-0.1, -0.05) is 0 Å². The molecule has 7 heavy (non-hydrogen) atoms. The Bertz CT molecular complexity index is 84.2. The maximum absolute atomic E-state index is 8.58. The van der Waals surface area contributed by atoms with Gasteiger partial charge < -0.3 is 4.55 Å². The Morgan fingerprint density at radius 3 is 1.57 bits per heavy atom. The van der Waals surface area contributed by atoms with Crippen LogP contribution in [0.15, 0.2) is 0 Å². The van der Waals surface area contributed by atoms with E-state index in [9.17, 15) is 0 Å². The Balaban J connectivity index is 3.79. The van der Waals surface area contributed by atoms with Gasteiger partial charge in [0.15, 0.2) is 0 Å². The van der Waals surface area contributed by atoms with E-state index < -0.39 is 11.0 Å². The zero-order valence-corrected chi connectivity index (χ0v) is 5.67. The van der Waals surface area contributed by atoms with Crippen molar-refractivity contribution < 1.29 is 4.55 Å². The lowest BCUT2D eigenvalue weighted by molar-refractivity contribution is 0.602. The SMILES string of the molecule is CC(C)(C)S(=N)O. The van der Waals surface area contributed by atoms with Gasteiger partial charge in [0.25, 0.3) is 0 Å². The average molecular weight is 121 g/mol. The van der Waals surface area contributed by atoms with Gasteiger partial charge in [0.05, 0.1) is 0 Å². The highest BCUT2D eigenvalue weighted by molar-refractivity contribution is 7.81. The van der Waals surface area contributed by atoms with Crippen LogP contribution in [0.25, 0.3) is 0 Å². The molecular formula is C4H11NOS. The van der Waals surface area contributed by atoms with E-state index in [1.807, 2.05) is 20.8 Å². The molecule has 1 unspecified atom stereocenters. The lowest BCUT2D eigenvalue weighted by Crippen LogP contribution is -2.19. The Kier molecular flexibility index (Phi) is 1.95. The standard InChI is InChI=1S/C4H11NOS/c1-4(2,3)7(5)6/h1-3H3,(H2,5,6). The molecule has 0 aliphatic rings. The minimum Gasteiger partial charge on any atom is -0.322 e. The normalized spacial score (nSPS) is 16.6. The second-order valence-electron chi connectivity index (χ2n) is 2.40. The monoisotopic (exact) mass is 121 g/mol. The van der Waals surface area contributed by atoms with Gasteiger partial charge in [0.2, 0.25) is 0 Å². The zero-order valence-electron chi connectivity index (χ0n) is 4.86. The van der Waals surface area contributed by atoms with E-state index >= 15 is 0 Å². The van der Waals surface area contributed by atoms with E-state index in [1.165, 1.54) is 0 Å². The summed E-state index contributed by atoms with van der Waals surface area (Å²) in [5.74, 6) is 0. The van der Waals surface area contributed by atoms with Gasteiger partial charge in [-0.25, -0.2) is 0 Å². The molecule has 0 radical (unpaired) electrons. The quantitative estimate of drug-likeness (QED) is 0.502. The third-order valence-corrected chi connectivity index (χ3v) is 1.74. The highest BCUT2D eigenvalue weighted by Crippen LogP contribution is 2.07. The van der Waals surface area contributed by atoms with Crippen molar-refractivity contribution >= 4 is 11.0 Å². The molecule has 44 valence electrons. The second-order valence-corrected chi connectivity index (χ2v) is 4.19. The van der Waals surface area contributed by atoms with Crippen molar-refractivity contribution in [2.75, 3.05) is 0 Å². The van der Waals surface area contributed by atoms with Gasteiger partial charge in [-0.15, -0.1) is 0 Å². The molecule has 0 aromatic rings. The summed E-state index contributed by atoms with van der Waals surface area (Å²) in [6, 6.07) is 0. The predicted molar refractivity (Wildman–Crippen MR) is 32.5 cm³/mol. The first-order chi connectivity index (χ1) is 2.94. The summed E-state index contributed by atoms with van der Waals surface area (Å²) in [5, 5.41) is 0. The molecule has 0 heterocycles. The van der Waals surface area contributed by atoms with Crippen LogP contribution >= 0.6 is 0 Å². The summed E-state index contributed by atoms with van der Waals surface area (Å²) in [4.78, 5) is 0. The molecule has 0 aliphatic carbocycles. The third kappa shape index (κ3) is 2.76. The van der Waals surface area contributed by atoms with E-state index in [2.05, 4.69) is 0 Å². The second kappa shape index (κ2) is 1.92. The average Bonchev–Trinajstić information content (AvgIpc) is 1.31. The summed E-state index contributed by atoms with van der Waals surface area (Å²) in [6.45, 7) is 5.51. The summed E-state index contributed by atoms with van der Waals surface area (Å²) < 4.78 is 15.1. The van der Waals surface area contributed by atoms with Gasteiger partial charge in [-0.05, 0) is 20.8 Å². The fourth-order valence-corrected chi connectivity index (χ4v) is 0. The third-order valence-electron chi connectivity index (χ3n) is 0.580. The summed E-state index contributed by atoms with van der Waals surface area (Å²) in [7, 11) is -1.18. The maximum Gasteiger partial charge on any atom is 0.0427 e. The number of nitrogens with one attached hydrogen (secondary N) is 1. The van der Waals surface area contributed by atoms with E-state index in [0.717, 1.165) is 0 Å². The molecule has 0 rings (SSSR count). The smallest absolute Gasteiger partial charge is 0.0427 e. The molecule has 0 amide bonds. The van der Waals surface area contributed by atoms with Crippen molar-refractivity contribution in [3.8, 4) is 0 Å². The van der Waals surface area contributed by atoms with E-state index in [0.29, 0.717) is 0 Å². The molecule has 0 saturated heterocycles. The molecule has 0 aromatic heterocycles. The Morgan fingerprint density at radius 2 is 1.57 bits per heavy atom. The van der Waals surface area contributed by atoms with E-state index in [4.69, 9.17) is 9.33 Å². The van der Waals surface area contributed by atoms with E-state index in [1.54, 1.807) is 0 Å². The van der Waals surface area contributed by atoms with Crippen LogP contribution in [0, 0.1) is 4.78 Å². The van der Waals surface area contributed by atoms with Crippen LogP contribution in [0.4, 0.5) is 0 Å². The maximum atomic E-state index is 8.58. The van der Waals surface area contributed by atoms with Crippen LogP contribution < -0.4 is 0 Å². The van der Waals surface area contributed by atoms with Gasteiger partial charge in [-0.3, -0.25) is 4.78 Å². The first-order valence-corrected chi connectivity index (χ1v) is 3.27. The number of hydrogen-bond donors (Lipinski definition) is 2. The first-order valence-electron chi connectivity index (χ1n) is 2.09. The zero-order chi connectivity index (χ0) is 6.08. The molecule has 0 fully saturated rings. The van der Waals surface area contributed by atoms with Crippen LogP contribution in [-0.4, -0.2) is 9.30 Å². The van der Waals surface area contributed by atoms with Crippen LogP contribution in [0.1, 0.15) is 20.8 Å². The summed E-state index contributed by atoms with van der Waals surface area (Å²) in [5.41, 5.74) is 0. The first kappa shape index (κ1) is 7.11. The molecule has 0 saturated carbocycles. The highest BCUT2D eigenvalue weighted by Gasteiger charge is 2.12. The lowest BCUT2D eigenvalue weighted by Gasteiger charge is -2.13. The molecule has 2 nitrogen and oxygen atoms in total. The fourth-order valence-electron chi connectivity index (χ4n) is 0. The fraction of sp³-hybridized carbons (Fsp3) is 1.00. The Morgan fingerprint density at radius 1 is 1.43 bits per heavy atom. The molecule has 0 bridgehead atoms. The Hall–Kier alpha value is 0.110. The molecule has 2 N–H and O–H groups in total.